The maximum absolute atomic E-state index is 5.80. The number of halogens is 1. The van der Waals surface area contributed by atoms with Crippen LogP contribution in [0.4, 0.5) is 0 Å². The first-order valence-electron chi connectivity index (χ1n) is 18.3. The summed E-state index contributed by atoms with van der Waals surface area (Å²) in [6, 6.07) is 46.7. The van der Waals surface area contributed by atoms with E-state index in [0.717, 1.165) is 25.7 Å². The molecule has 12 unspecified atom stereocenters. The van der Waals surface area contributed by atoms with Crippen molar-refractivity contribution in [1.82, 2.24) is 10.6 Å². The molecule has 3 saturated heterocycles. The number of benzene rings is 4. The van der Waals surface area contributed by atoms with Gasteiger partial charge in [-0.25, -0.2) is 0 Å². The van der Waals surface area contributed by atoms with Gasteiger partial charge in [-0.3, -0.25) is 0 Å². The second kappa shape index (κ2) is 15.7. The molecule has 4 nitrogen and oxygen atoms in total. The molecule has 0 saturated carbocycles. The fourth-order valence-electron chi connectivity index (χ4n) is 9.98. The third kappa shape index (κ3) is 6.83. The predicted molar refractivity (Wildman–Crippen MR) is 197 cm³/mol. The van der Waals surface area contributed by atoms with Crippen molar-refractivity contribution in [2.75, 3.05) is 0 Å². The van der Waals surface area contributed by atoms with Gasteiger partial charge in [-0.2, -0.15) is 0 Å². The van der Waals surface area contributed by atoms with E-state index in [2.05, 4.69) is 156 Å². The molecule has 1 radical (unpaired) electrons. The minimum Gasteiger partial charge on any atom is -1.00 e. The Kier molecular flexibility index (Phi) is 11.1. The molecule has 5 aliphatic heterocycles. The van der Waals surface area contributed by atoms with E-state index >= 15 is 0 Å². The third-order valence-corrected chi connectivity index (χ3v) is 12.0. The molecule has 3 fully saturated rings. The number of hydrogen-bond acceptors (Lipinski definition) is 2. The standard InChI is InChI=1S/C44H46N4.ClH.Fe/c1-5-13-29(14-6-1)41-33-21-23-35(45-33)42(30-15-7-2-8-16-30)37-25-27-39(47-37)44(32-19-11-4-12-20-32)40-28-26-38(48-40)43(31-17-9-3-10-18-31)36-24-22-34(41)46-36;;/h1-21,23,26,28,33-45,48H,22,24-25,27H2;1H;/q-2;;+3/p-1. The van der Waals surface area contributed by atoms with Gasteiger partial charge in [0.05, 0.1) is 0 Å². The molecule has 6 heteroatoms. The van der Waals surface area contributed by atoms with E-state index in [4.69, 9.17) is 10.6 Å². The van der Waals surface area contributed by atoms with E-state index in [1.54, 1.807) is 0 Å². The summed E-state index contributed by atoms with van der Waals surface area (Å²) in [6.45, 7) is 0. The van der Waals surface area contributed by atoms with E-state index in [9.17, 15) is 0 Å². The zero-order valence-corrected chi connectivity index (χ0v) is 30.1. The van der Waals surface area contributed by atoms with Gasteiger partial charge in [0.1, 0.15) is 0 Å². The van der Waals surface area contributed by atoms with Crippen LogP contribution in [0.5, 0.6) is 0 Å². The molecule has 4 aromatic carbocycles. The molecule has 0 spiro atoms. The Hall–Kier alpha value is -2.99. The fraction of sp³-hybridized carbons (Fsp3) is 0.364. The molecule has 9 rings (SSSR count). The molecule has 5 aliphatic rings. The van der Waals surface area contributed by atoms with Crippen LogP contribution in [0.1, 0.15) is 71.6 Å². The molecule has 12 atom stereocenters. The van der Waals surface area contributed by atoms with Crippen molar-refractivity contribution in [3.8, 4) is 0 Å². The van der Waals surface area contributed by atoms with E-state index in [1.807, 2.05) is 0 Å². The second-order valence-electron chi connectivity index (χ2n) is 14.7. The zero-order chi connectivity index (χ0) is 31.9. The molecule has 257 valence electrons. The number of nitrogens with zero attached hydrogens (tertiary/aromatic N) is 2. The van der Waals surface area contributed by atoms with Crippen LogP contribution >= 0.6 is 0 Å². The number of rotatable bonds is 4. The van der Waals surface area contributed by atoms with Gasteiger partial charge in [0.2, 0.25) is 0 Å². The molecular weight excluding hydrogens is 676 g/mol. The Balaban J connectivity index is 0.00000196. The quantitative estimate of drug-likeness (QED) is 0.209. The van der Waals surface area contributed by atoms with Crippen molar-refractivity contribution in [3.63, 3.8) is 0 Å². The Morgan fingerprint density at radius 2 is 0.580 bits per heavy atom. The first-order valence-corrected chi connectivity index (χ1v) is 18.3. The number of hydrogen-bond donors (Lipinski definition) is 2. The van der Waals surface area contributed by atoms with E-state index in [1.165, 1.54) is 22.3 Å². The Bertz CT molecular complexity index is 1470. The second-order valence-corrected chi connectivity index (χ2v) is 14.7. The van der Waals surface area contributed by atoms with Crippen LogP contribution < -0.4 is 23.0 Å². The number of fused-ring (bicyclic) bond motifs is 8. The molecule has 0 aromatic heterocycles. The Morgan fingerprint density at radius 1 is 0.360 bits per heavy atom. The number of nitrogens with one attached hydrogen (secondary N) is 2. The van der Waals surface area contributed by atoms with Crippen molar-refractivity contribution in [2.45, 2.75) is 97.7 Å². The minimum atomic E-state index is 0. The first-order chi connectivity index (χ1) is 23.8. The third-order valence-electron chi connectivity index (χ3n) is 12.0. The molecule has 8 bridgehead atoms. The van der Waals surface area contributed by atoms with Crippen LogP contribution in [0.15, 0.2) is 146 Å². The van der Waals surface area contributed by atoms with Crippen LogP contribution in [-0.2, 0) is 17.1 Å². The van der Waals surface area contributed by atoms with E-state index < -0.39 is 0 Å². The first kappa shape index (κ1) is 35.4. The smallest absolute Gasteiger partial charge is 1.00 e. The summed E-state index contributed by atoms with van der Waals surface area (Å²) in [7, 11) is 0. The van der Waals surface area contributed by atoms with Gasteiger partial charge in [0.25, 0.3) is 0 Å². The largest absolute Gasteiger partial charge is 3.00 e. The maximum Gasteiger partial charge on any atom is 3.00 e. The van der Waals surface area contributed by atoms with Crippen molar-refractivity contribution >= 4 is 0 Å². The average Bonchev–Trinajstić information content (AvgIpc) is 3.98. The average molecular weight is 722 g/mol. The monoisotopic (exact) mass is 721 g/mol. The summed E-state index contributed by atoms with van der Waals surface area (Å²) in [6.07, 6.45) is 14.3. The van der Waals surface area contributed by atoms with Crippen molar-refractivity contribution in [3.05, 3.63) is 179 Å². The Labute approximate surface area is 314 Å². The minimum absolute atomic E-state index is 0. The van der Waals surface area contributed by atoms with Gasteiger partial charge in [-0.05, 0) is 45.9 Å². The zero-order valence-electron chi connectivity index (χ0n) is 28.2. The van der Waals surface area contributed by atoms with Crippen molar-refractivity contribution < 1.29 is 29.5 Å². The molecule has 2 N–H and O–H groups in total. The van der Waals surface area contributed by atoms with Gasteiger partial charge < -0.3 is 33.7 Å². The molecule has 4 aromatic rings. The summed E-state index contributed by atoms with van der Waals surface area (Å²) in [4.78, 5) is 0. The normalized spacial score (nSPS) is 35.7. The van der Waals surface area contributed by atoms with Crippen LogP contribution in [-0.4, -0.2) is 48.3 Å². The fourth-order valence-corrected chi connectivity index (χ4v) is 9.98. The SMILES string of the molecule is C1=CC2NC1C(c1ccccc1)C1CCC([N-]1)C(c1ccccc1)C1C=CC(N1)C(c1ccccc1)C1CCC([N-]1)C2c1ccccc1.[Cl-].[Fe+3]. The van der Waals surface area contributed by atoms with Gasteiger partial charge in [-0.1, -0.05) is 171 Å². The molecule has 0 amide bonds. The Morgan fingerprint density at radius 3 is 0.800 bits per heavy atom. The summed E-state index contributed by atoms with van der Waals surface area (Å²) in [5.41, 5.74) is 5.55. The van der Waals surface area contributed by atoms with Crippen molar-refractivity contribution in [2.24, 2.45) is 0 Å². The van der Waals surface area contributed by atoms with Gasteiger partial charge in [-0.15, -0.1) is 24.2 Å². The van der Waals surface area contributed by atoms with Crippen LogP contribution in [0.3, 0.4) is 0 Å². The van der Waals surface area contributed by atoms with E-state index in [-0.39, 0.29) is 101 Å². The molecular formula is C44H46ClFeN4. The van der Waals surface area contributed by atoms with Gasteiger partial charge in [0, 0.05) is 24.2 Å². The summed E-state index contributed by atoms with van der Waals surface area (Å²) >= 11 is 0. The van der Waals surface area contributed by atoms with Crippen LogP contribution in [0, 0.1) is 0 Å². The molecule has 50 heavy (non-hydrogen) atoms. The van der Waals surface area contributed by atoms with Gasteiger partial charge in [0.15, 0.2) is 0 Å². The summed E-state index contributed by atoms with van der Waals surface area (Å²) in [5.74, 6) is 1.14. The predicted octanol–water partition coefficient (Wildman–Crippen LogP) is 5.74. The van der Waals surface area contributed by atoms with Crippen molar-refractivity contribution in [1.29, 1.82) is 0 Å². The topological polar surface area (TPSA) is 52.3 Å². The van der Waals surface area contributed by atoms with Gasteiger partial charge >= 0.3 is 17.1 Å². The van der Waals surface area contributed by atoms with Crippen LogP contribution in [0.2, 0.25) is 0 Å². The van der Waals surface area contributed by atoms with E-state index in [0.29, 0.717) is 0 Å². The molecule has 5 heterocycles. The summed E-state index contributed by atoms with van der Waals surface area (Å²) < 4.78 is 0. The summed E-state index contributed by atoms with van der Waals surface area (Å²) in [5, 5.41) is 20.0. The molecule has 0 aliphatic carbocycles. The van der Waals surface area contributed by atoms with Crippen LogP contribution in [0.25, 0.3) is 10.6 Å². The maximum atomic E-state index is 5.80.